The summed E-state index contributed by atoms with van der Waals surface area (Å²) < 4.78 is 0. The van der Waals surface area contributed by atoms with Crippen LogP contribution in [0.4, 0.5) is 0 Å². The molecule has 0 radical (unpaired) electrons. The van der Waals surface area contributed by atoms with Gasteiger partial charge in [0.25, 0.3) is 0 Å². The minimum atomic E-state index is -0.557. The molecule has 188 valence electrons. The molecule has 4 saturated carbocycles. The van der Waals surface area contributed by atoms with E-state index in [9.17, 15) is 15.0 Å². The average molecular weight is 497 g/mol. The fourth-order valence-corrected chi connectivity index (χ4v) is 10.8. The second-order valence-electron chi connectivity index (χ2n) is 14.5. The number of rotatable bonds is 1. The summed E-state index contributed by atoms with van der Waals surface area (Å²) in [5.41, 5.74) is 1.46. The molecule has 34 heavy (non-hydrogen) atoms. The monoisotopic (exact) mass is 496 g/mol. The number of aliphatic hydroxyl groups is 1. The van der Waals surface area contributed by atoms with Crippen LogP contribution in [0.15, 0.2) is 11.6 Å². The first-order chi connectivity index (χ1) is 15.3. The minimum absolute atomic E-state index is 0. The molecular formula is C30H49KO3. The van der Waals surface area contributed by atoms with Crippen LogP contribution >= 0.6 is 0 Å². The molecule has 0 spiro atoms. The van der Waals surface area contributed by atoms with E-state index >= 15 is 0 Å². The van der Waals surface area contributed by atoms with Crippen LogP contribution < -0.4 is 0 Å². The van der Waals surface area contributed by atoms with Crippen LogP contribution in [0.25, 0.3) is 0 Å². The maximum atomic E-state index is 12.8. The molecule has 0 aromatic carbocycles. The predicted octanol–water partition coefficient (Wildman–Crippen LogP) is 6.44. The molecule has 4 heteroatoms. The van der Waals surface area contributed by atoms with E-state index < -0.39 is 11.4 Å². The Balaban J connectivity index is 0.00000274. The number of allylic oxidation sites excluding steroid dienone is 2. The third kappa shape index (κ3) is 3.33. The van der Waals surface area contributed by atoms with Crippen molar-refractivity contribution in [2.24, 2.45) is 56.7 Å². The first-order valence-corrected chi connectivity index (χ1v) is 13.9. The van der Waals surface area contributed by atoms with Crippen LogP contribution in [0.3, 0.4) is 0 Å². The van der Waals surface area contributed by atoms with Gasteiger partial charge < -0.3 is 10.2 Å². The average Bonchev–Trinajstić information content (AvgIpc) is 2.74. The summed E-state index contributed by atoms with van der Waals surface area (Å²) in [4.78, 5) is 12.8. The van der Waals surface area contributed by atoms with Gasteiger partial charge >= 0.3 is 57.4 Å². The van der Waals surface area contributed by atoms with Crippen molar-refractivity contribution < 1.29 is 15.0 Å². The van der Waals surface area contributed by atoms with Gasteiger partial charge in [-0.15, -0.1) is 0 Å². The van der Waals surface area contributed by atoms with Gasteiger partial charge in [-0.25, -0.2) is 0 Å². The van der Waals surface area contributed by atoms with E-state index in [2.05, 4.69) is 54.5 Å². The molecule has 0 amide bonds. The van der Waals surface area contributed by atoms with Gasteiger partial charge in [-0.1, -0.05) is 60.1 Å². The molecule has 5 aliphatic carbocycles. The first-order valence-electron chi connectivity index (χ1n) is 13.9. The number of aliphatic carboxylic acids is 1. The Bertz CT molecular complexity index is 880. The number of carboxylic acid groups (broad SMARTS) is 1. The summed E-state index contributed by atoms with van der Waals surface area (Å²) in [5.74, 6) is 1.82. The van der Waals surface area contributed by atoms with Gasteiger partial charge in [-0.2, -0.15) is 0 Å². The summed E-state index contributed by atoms with van der Waals surface area (Å²) in [5, 5.41) is 21.4. The molecule has 0 unspecified atom stereocenters. The number of carboxylic acids is 1. The molecular weight excluding hydrogens is 447 g/mol. The van der Waals surface area contributed by atoms with Crippen LogP contribution in [0.5, 0.6) is 0 Å². The summed E-state index contributed by atoms with van der Waals surface area (Å²) in [6.45, 7) is 17.0. The van der Waals surface area contributed by atoms with Crippen molar-refractivity contribution in [1.82, 2.24) is 0 Å². The van der Waals surface area contributed by atoms with E-state index in [1.807, 2.05) is 0 Å². The summed E-state index contributed by atoms with van der Waals surface area (Å²) in [6.07, 6.45) is 11.6. The van der Waals surface area contributed by atoms with Crippen molar-refractivity contribution in [1.29, 1.82) is 0 Å². The van der Waals surface area contributed by atoms with Gasteiger partial charge in [-0.05, 0) is 109 Å². The molecule has 5 rings (SSSR count). The quantitative estimate of drug-likeness (QED) is 0.324. The van der Waals surface area contributed by atoms with E-state index in [1.54, 1.807) is 0 Å². The van der Waals surface area contributed by atoms with E-state index in [1.165, 1.54) is 18.4 Å². The molecule has 3 nitrogen and oxygen atoms in total. The molecule has 5 aliphatic rings. The molecule has 0 aromatic heterocycles. The number of hydrogen-bond donors (Lipinski definition) is 2. The molecule has 2 N–H and O–H groups in total. The fraction of sp³-hybridized carbons (Fsp3) is 0.900. The standard InChI is InChI=1S/C30H48O3.K.H/c1-18-10-15-30(25(32)33)17-16-28(6)20(24(30)19(18)2)8-9-22-27(5)13-12-23(31)26(3,4)21(27)11-14-29(22,28)7;;/h8,18-19,21-24,31H,9-17H2,1-7H3,(H,32,33);;/t18-,19+,21+,22-,23+,24+,27+,28-,29-,30+;;/m1../s1. The zero-order valence-electron chi connectivity index (χ0n) is 22.2. The van der Waals surface area contributed by atoms with E-state index in [0.717, 1.165) is 44.9 Å². The van der Waals surface area contributed by atoms with Crippen LogP contribution in [0, 0.1) is 56.7 Å². The SMILES string of the molecule is C[C@H]1[C@H](C)CC[C@]2(C(=O)O)CC[C@]3(C)C(=CC[C@@H]4[C@@]5(C)CC[C@H](O)C(C)(C)[C@@H]5CC[C@]43C)[C@H]12.[KH]. The van der Waals surface area contributed by atoms with Crippen LogP contribution in [-0.4, -0.2) is 73.7 Å². The number of fused-ring (bicyclic) bond motifs is 7. The Morgan fingerprint density at radius 1 is 0.912 bits per heavy atom. The molecule has 10 atom stereocenters. The third-order valence-electron chi connectivity index (χ3n) is 13.4. The number of aliphatic hydroxyl groups excluding tert-OH is 1. The third-order valence-corrected chi connectivity index (χ3v) is 13.4. The topological polar surface area (TPSA) is 57.5 Å². The molecule has 4 fully saturated rings. The molecule has 0 aliphatic heterocycles. The van der Waals surface area contributed by atoms with Gasteiger partial charge in [0.2, 0.25) is 0 Å². The predicted molar refractivity (Wildman–Crippen MR) is 140 cm³/mol. The summed E-state index contributed by atoms with van der Waals surface area (Å²) in [6, 6.07) is 0. The Morgan fingerprint density at radius 2 is 1.59 bits per heavy atom. The van der Waals surface area contributed by atoms with Crippen molar-refractivity contribution in [2.45, 2.75) is 112 Å². The zero-order valence-corrected chi connectivity index (χ0v) is 22.2. The van der Waals surface area contributed by atoms with Gasteiger partial charge in [0.05, 0.1) is 11.5 Å². The van der Waals surface area contributed by atoms with E-state index in [0.29, 0.717) is 23.7 Å². The normalized spacial score (nSPS) is 53.7. The van der Waals surface area contributed by atoms with Gasteiger partial charge in [0, 0.05) is 0 Å². The van der Waals surface area contributed by atoms with Crippen LogP contribution in [0.1, 0.15) is 106 Å². The Kier molecular flexibility index (Phi) is 7.09. The zero-order chi connectivity index (χ0) is 24.2. The number of carbonyl (C=O) groups is 1. The molecule has 0 bridgehead atoms. The van der Waals surface area contributed by atoms with Gasteiger partial charge in [-0.3, -0.25) is 4.79 Å². The van der Waals surface area contributed by atoms with Crippen LogP contribution in [-0.2, 0) is 4.79 Å². The van der Waals surface area contributed by atoms with Gasteiger partial charge in [0.1, 0.15) is 0 Å². The van der Waals surface area contributed by atoms with Crippen molar-refractivity contribution in [3.63, 3.8) is 0 Å². The maximum absolute atomic E-state index is 12.8. The Morgan fingerprint density at radius 3 is 2.24 bits per heavy atom. The van der Waals surface area contributed by atoms with Gasteiger partial charge in [0.15, 0.2) is 0 Å². The molecule has 0 aromatic rings. The molecule has 0 saturated heterocycles. The van der Waals surface area contributed by atoms with Crippen molar-refractivity contribution in [3.8, 4) is 0 Å². The molecule has 0 heterocycles. The second kappa shape index (κ2) is 8.66. The Hall–Kier alpha value is 0.806. The van der Waals surface area contributed by atoms with E-state index in [-0.39, 0.29) is 85.1 Å². The first kappa shape index (κ1) is 27.8. The van der Waals surface area contributed by atoms with Crippen molar-refractivity contribution >= 4 is 57.4 Å². The Labute approximate surface area is 250 Å². The fourth-order valence-electron chi connectivity index (χ4n) is 10.8. The van der Waals surface area contributed by atoms with Crippen molar-refractivity contribution in [3.05, 3.63) is 11.6 Å². The summed E-state index contributed by atoms with van der Waals surface area (Å²) >= 11 is 0. The number of hydrogen-bond acceptors (Lipinski definition) is 2. The van der Waals surface area contributed by atoms with E-state index in [4.69, 9.17) is 0 Å². The summed E-state index contributed by atoms with van der Waals surface area (Å²) in [7, 11) is 0. The van der Waals surface area contributed by atoms with Crippen LogP contribution in [0.2, 0.25) is 0 Å². The van der Waals surface area contributed by atoms with Crippen molar-refractivity contribution in [2.75, 3.05) is 0 Å². The second-order valence-corrected chi connectivity index (χ2v) is 14.5.